The van der Waals surface area contributed by atoms with Gasteiger partial charge in [0.15, 0.2) is 0 Å². The Morgan fingerprint density at radius 2 is 0.545 bits per heavy atom. The van der Waals surface area contributed by atoms with E-state index >= 15 is 0 Å². The zero-order valence-electron chi connectivity index (χ0n) is 36.0. The molecule has 6 fully saturated rings. The number of carboxylic acid groups (broad SMARTS) is 1. The predicted molar refractivity (Wildman–Crippen MR) is 223 cm³/mol. The molecule has 0 aliphatic carbocycles. The van der Waals surface area contributed by atoms with Crippen molar-refractivity contribution in [2.45, 2.75) is 152 Å². The van der Waals surface area contributed by atoms with Crippen molar-refractivity contribution in [1.29, 1.82) is 0 Å². The third kappa shape index (κ3) is 10.9. The third-order valence-electron chi connectivity index (χ3n) is 9.34. The zero-order valence-corrected chi connectivity index (χ0v) is 44.0. The van der Waals surface area contributed by atoms with Gasteiger partial charge in [0.2, 0.25) is 0 Å². The maximum absolute atomic E-state index is 12.3. The Labute approximate surface area is 339 Å². The van der Waals surface area contributed by atoms with Crippen LogP contribution in [0.3, 0.4) is 0 Å². The molecule has 6 saturated heterocycles. The first kappa shape index (κ1) is 46.5. The van der Waals surface area contributed by atoms with Crippen LogP contribution in [0.15, 0.2) is 11.6 Å². The van der Waals surface area contributed by atoms with Crippen molar-refractivity contribution in [2.24, 2.45) is 41.4 Å². The highest BCUT2D eigenvalue weighted by atomic mass is 28.6. The average Bonchev–Trinajstić information content (AvgIpc) is 2.88. The number of carbonyl (C=O) groups is 1. The van der Waals surface area contributed by atoms with Crippen molar-refractivity contribution in [3.8, 4) is 0 Å². The fraction of sp³-hybridized carbons (Fsp3) is 0.909. The van der Waals surface area contributed by atoms with Crippen molar-refractivity contribution < 1.29 is 59.3 Å². The maximum atomic E-state index is 12.3. The van der Waals surface area contributed by atoms with Gasteiger partial charge in [-0.05, 0) is 48.3 Å². The van der Waals surface area contributed by atoms with E-state index in [1.165, 1.54) is 0 Å². The van der Waals surface area contributed by atoms with Crippen LogP contribution in [-0.4, -0.2) is 81.5 Å². The lowest BCUT2D eigenvalue weighted by atomic mass is 10.3. The van der Waals surface area contributed by atoms with Crippen LogP contribution in [-0.2, 0) is 54.2 Å². The lowest BCUT2D eigenvalue weighted by Gasteiger charge is -2.64. The second kappa shape index (κ2) is 16.7. The minimum absolute atomic E-state index is 0.00531. The summed E-state index contributed by atoms with van der Waals surface area (Å²) in [4.78, 5) is 12.3. The molecule has 318 valence electrons. The van der Waals surface area contributed by atoms with Gasteiger partial charge in [0.25, 0.3) is 0 Å². The fourth-order valence-corrected chi connectivity index (χ4v) is 59.5. The monoisotopic (exact) mass is 914 g/mol. The molecule has 1 N–H and O–H groups in total. The topological polar surface area (TPSA) is 148 Å². The van der Waals surface area contributed by atoms with Crippen LogP contribution in [0.25, 0.3) is 0 Å². The van der Waals surface area contributed by atoms with Gasteiger partial charge in [-0.3, -0.25) is 0 Å². The lowest BCUT2D eigenvalue weighted by molar-refractivity contribution is -0.132. The van der Waals surface area contributed by atoms with Crippen LogP contribution in [0.5, 0.6) is 0 Å². The summed E-state index contributed by atoms with van der Waals surface area (Å²) in [5.41, 5.74) is 0.130. The van der Waals surface area contributed by atoms with Crippen molar-refractivity contribution in [1.82, 2.24) is 0 Å². The first-order valence-electron chi connectivity index (χ1n) is 20.5. The molecule has 22 heteroatoms. The summed E-state index contributed by atoms with van der Waals surface area (Å²) in [6, 6.07) is 2.83. The van der Waals surface area contributed by atoms with Gasteiger partial charge in [-0.15, -0.1) is 0 Å². The Morgan fingerprint density at radius 3 is 0.691 bits per heavy atom. The molecule has 0 aromatic carbocycles. The predicted octanol–water partition coefficient (Wildman–Crippen LogP) is 8.39. The van der Waals surface area contributed by atoms with Gasteiger partial charge in [0, 0.05) is 53.9 Å². The summed E-state index contributed by atoms with van der Waals surface area (Å²) in [6.45, 7) is 31.2. The molecule has 0 amide bonds. The molecule has 8 bridgehead atoms. The summed E-state index contributed by atoms with van der Waals surface area (Å²) in [5, 5.41) is 10.1. The molecule has 0 radical (unpaired) electrons. The van der Waals surface area contributed by atoms with E-state index in [9.17, 15) is 9.90 Å². The standard InChI is InChI=1S/C33H70O14Si8/c1-25(2)18-49-36-48(17-16-32(15)33(34)35)37-50(19-26(3)4)41-52(39-49,21-28(7)8)45-55(24-31(13)14)46-53(40-49,22-29(9)10)42-51(38-48,20-27(5)6)44-54(43-50,47-55)23-30(11)12/h16,25-31H,17-24H2,1-15H3,(H,34,35). The Kier molecular flexibility index (Phi) is 14.2. The van der Waals surface area contributed by atoms with E-state index in [1.54, 1.807) is 13.0 Å². The normalized spacial score (nSPS) is 40.5. The van der Waals surface area contributed by atoms with E-state index in [-0.39, 0.29) is 53.0 Å². The van der Waals surface area contributed by atoms with Gasteiger partial charge in [-0.25, -0.2) is 4.79 Å². The summed E-state index contributed by atoms with van der Waals surface area (Å²) in [6.07, 6.45) is 1.62. The number of rotatable bonds is 17. The summed E-state index contributed by atoms with van der Waals surface area (Å²) < 4.78 is 92.1. The molecule has 55 heavy (non-hydrogen) atoms. The number of aliphatic carboxylic acids is 1. The van der Waals surface area contributed by atoms with Crippen molar-refractivity contribution >= 4 is 76.4 Å². The molecule has 6 aliphatic heterocycles. The number of allylic oxidation sites excluding steroid dienone is 1. The van der Waals surface area contributed by atoms with Gasteiger partial charge in [0.05, 0.1) is 0 Å². The smallest absolute Gasteiger partial charge is 0.478 e. The van der Waals surface area contributed by atoms with Gasteiger partial charge in [-0.1, -0.05) is 103 Å². The molecule has 0 aromatic heterocycles. The van der Waals surface area contributed by atoms with E-state index in [0.29, 0.717) is 42.3 Å². The lowest BCUT2D eigenvalue weighted by Crippen LogP contribution is -2.88. The van der Waals surface area contributed by atoms with Crippen LogP contribution in [0.2, 0.25) is 48.4 Å². The van der Waals surface area contributed by atoms with Gasteiger partial charge < -0.3 is 54.5 Å². The van der Waals surface area contributed by atoms with Crippen LogP contribution in [0.4, 0.5) is 0 Å². The Balaban J connectivity index is 1.98. The SMILES string of the molecule is CC(=CC[Si]12O[Si]3(CC(C)C)O[Si]4(CC(C)C)O[Si](CC(C)C)(O1)O[Si]1(CC(C)C)O[Si](CC(C)C)(O2)O[Si](CC(C)C)(O3)O[Si](CC(C)C)(O4)O1)C(=O)O. The van der Waals surface area contributed by atoms with Crippen molar-refractivity contribution in [3.05, 3.63) is 11.6 Å². The van der Waals surface area contributed by atoms with Gasteiger partial charge in [0.1, 0.15) is 0 Å². The quantitative estimate of drug-likeness (QED) is 0.110. The van der Waals surface area contributed by atoms with Gasteiger partial charge in [-0.2, -0.15) is 0 Å². The molecule has 0 spiro atoms. The Hall–Kier alpha value is 0.465. The van der Waals surface area contributed by atoms with Crippen LogP contribution < -0.4 is 0 Å². The zero-order chi connectivity index (χ0) is 41.0. The Morgan fingerprint density at radius 1 is 0.382 bits per heavy atom. The number of carboxylic acids is 1. The highest BCUT2D eigenvalue weighted by Crippen LogP contribution is 2.55. The summed E-state index contributed by atoms with van der Waals surface area (Å²) in [7, 11) is -32.3. The average molecular weight is 916 g/mol. The molecule has 0 atom stereocenters. The molecule has 6 aliphatic rings. The van der Waals surface area contributed by atoms with E-state index < -0.39 is 76.4 Å². The second-order valence-electron chi connectivity index (χ2n) is 19.3. The summed E-state index contributed by atoms with van der Waals surface area (Å²) in [5.74, 6) is -0.642. The molecule has 6 rings (SSSR count). The number of hydrogen-bond donors (Lipinski definition) is 1. The Bertz CT molecular complexity index is 1260. The van der Waals surface area contributed by atoms with Crippen LogP contribution >= 0.6 is 0 Å². The molecule has 14 nitrogen and oxygen atoms in total. The molecule has 0 aromatic rings. The van der Waals surface area contributed by atoms with Crippen molar-refractivity contribution in [2.75, 3.05) is 0 Å². The molecular formula is C33H70O14Si8. The van der Waals surface area contributed by atoms with E-state index in [0.717, 1.165) is 0 Å². The molecule has 0 unspecified atom stereocenters. The van der Waals surface area contributed by atoms with Gasteiger partial charge >= 0.3 is 76.4 Å². The van der Waals surface area contributed by atoms with Crippen molar-refractivity contribution in [3.63, 3.8) is 0 Å². The van der Waals surface area contributed by atoms with E-state index in [4.69, 9.17) is 49.4 Å². The number of hydrogen-bond acceptors (Lipinski definition) is 13. The van der Waals surface area contributed by atoms with E-state index in [2.05, 4.69) is 96.9 Å². The first-order valence-corrected chi connectivity index (χ1v) is 36.0. The van der Waals surface area contributed by atoms with E-state index in [1.807, 2.05) is 0 Å². The highest BCUT2D eigenvalue weighted by molar-refractivity contribution is 7.03. The molecular weight excluding hydrogens is 845 g/mol. The molecule has 6 heterocycles. The maximum Gasteiger partial charge on any atom is 0.482 e. The largest absolute Gasteiger partial charge is 0.482 e. The summed E-state index contributed by atoms with van der Waals surface area (Å²) >= 11 is 0. The fourth-order valence-electron chi connectivity index (χ4n) is 8.21. The second-order valence-corrected chi connectivity index (χ2v) is 43.3. The van der Waals surface area contributed by atoms with Crippen LogP contribution in [0, 0.1) is 41.4 Å². The third-order valence-corrected chi connectivity index (χ3v) is 49.1. The minimum Gasteiger partial charge on any atom is -0.478 e. The van der Waals surface area contributed by atoms with Crippen LogP contribution in [0.1, 0.15) is 104 Å². The first-order chi connectivity index (χ1) is 25.2. The highest BCUT2D eigenvalue weighted by Gasteiger charge is 2.83. The molecule has 0 saturated carbocycles. The minimum atomic E-state index is -4.24.